The summed E-state index contributed by atoms with van der Waals surface area (Å²) in [6.07, 6.45) is -13.1. The number of hydrogen-bond acceptors (Lipinski definition) is 27. The fraction of sp³-hybridized carbons (Fsp3) is 0.775. The van der Waals surface area contributed by atoms with Crippen molar-refractivity contribution in [1.82, 2.24) is 24.5 Å². The van der Waals surface area contributed by atoms with E-state index in [0.717, 1.165) is 0 Å². The number of likely N-dealkylation sites (N-methyl/N-ethyl adjacent to an activating group) is 4. The molecule has 0 saturated carbocycles. The van der Waals surface area contributed by atoms with Gasteiger partial charge in [-0.2, -0.15) is 0 Å². The predicted molar refractivity (Wildman–Crippen MR) is 399 cm³/mol. The van der Waals surface area contributed by atoms with Crippen LogP contribution in [0.15, 0.2) is 60.7 Å². The van der Waals surface area contributed by atoms with Crippen molar-refractivity contribution in [3.05, 3.63) is 71.8 Å². The molecule has 2 aromatic carbocycles. The summed E-state index contributed by atoms with van der Waals surface area (Å²) in [5.74, 6) is -6.83. The molecule has 28 nitrogen and oxygen atoms in total. The molecule has 6 fully saturated rings. The number of aliphatic hydroxyl groups is 5. The Kier molecular flexibility index (Phi) is 31.7. The Morgan fingerprint density at radius 3 is 1.44 bits per heavy atom. The first-order valence-corrected chi connectivity index (χ1v) is 38.7. The van der Waals surface area contributed by atoms with Crippen molar-refractivity contribution < 1.29 is 111 Å². The third kappa shape index (κ3) is 21.7. The lowest BCUT2D eigenvalue weighted by molar-refractivity contribution is -0.298. The quantitative estimate of drug-likeness (QED) is 0.0967. The number of nitrogens with zero attached hydrogens (tertiary/aromatic N) is 5. The number of cyclic esters (lactones) is 2. The van der Waals surface area contributed by atoms with Crippen molar-refractivity contribution >= 4 is 36.1 Å². The summed E-state index contributed by atoms with van der Waals surface area (Å²) in [7, 11) is 11.3. The maximum absolute atomic E-state index is 14.4. The third-order valence-corrected chi connectivity index (χ3v) is 23.3. The summed E-state index contributed by atoms with van der Waals surface area (Å²) in [5.41, 5.74) is -5.61. The normalized spacial score (nSPS) is 40.5. The number of ether oxygens (including phenoxy) is 12. The lowest BCUT2D eigenvalue weighted by Crippen LogP contribution is -2.60. The highest BCUT2D eigenvalue weighted by Crippen LogP contribution is 2.43. The minimum Gasteiger partial charge on any atom is -0.459 e. The van der Waals surface area contributed by atoms with Gasteiger partial charge in [-0.25, -0.2) is 19.2 Å². The van der Waals surface area contributed by atoms with Crippen LogP contribution in [-0.2, 0) is 66.4 Å². The number of esters is 4. The zero-order valence-corrected chi connectivity index (χ0v) is 67.9. The number of carbonyl (C=O) groups excluding carboxylic acids is 6. The number of rotatable bonds is 13. The summed E-state index contributed by atoms with van der Waals surface area (Å²) < 4.78 is 74.1. The molecular weight excluding hydrogens is 1400 g/mol. The molecule has 108 heavy (non-hydrogen) atoms. The van der Waals surface area contributed by atoms with Crippen LogP contribution in [0.1, 0.15) is 170 Å². The van der Waals surface area contributed by atoms with Crippen molar-refractivity contribution in [2.75, 3.05) is 81.7 Å². The number of aliphatic hydroxyl groups excluding tert-OH is 2. The average Bonchev–Trinajstić information content (AvgIpc) is 1.78. The van der Waals surface area contributed by atoms with Crippen LogP contribution >= 0.6 is 0 Å². The molecule has 0 aromatic heterocycles. The fourth-order valence-electron chi connectivity index (χ4n) is 17.0. The van der Waals surface area contributed by atoms with Crippen LogP contribution in [0.5, 0.6) is 0 Å². The zero-order valence-electron chi connectivity index (χ0n) is 67.9. The number of fused-ring (bicyclic) bond motifs is 1. The summed E-state index contributed by atoms with van der Waals surface area (Å²) >= 11 is 0. The summed E-state index contributed by atoms with van der Waals surface area (Å²) in [5, 5.41) is 59.5. The SMILES string of the molecule is CC[C@H]1OC(=O)[C@H](C)[C@@H](O)[C@H](C)[C@@H](O[C@@H]2O[C@H](C)C[C@H](N(C)C)[C@H]2OC(=O)c2ccccc2)[C@](C)(O)C[C@@H](C)CN(C)[C@H](C)[C@@H](O)[C@]1(C)O.CC[C@H]1OC(=O)[C@H](C)[C@@H](OC(=O)N2CCOCC2)[C@H](C)[C@@H](O[C@@H]2O[C@H](C)C[C@H](N(C)C)[C@H]2OC(=O)c2ccccc2)[C@](C)(O)C[C@@H](C)CN(C)[C@H](C)[C@H]2OC(=O)O[C@@]21C. The Labute approximate surface area is 639 Å². The molecule has 0 spiro atoms. The van der Waals surface area contributed by atoms with Crippen molar-refractivity contribution in [3.8, 4) is 0 Å². The molecule has 0 bridgehead atoms. The first kappa shape index (κ1) is 89.5. The van der Waals surface area contributed by atoms with Gasteiger partial charge in [-0.1, -0.05) is 77.9 Å². The average molecular weight is 1530 g/mol. The Balaban J connectivity index is 0.000000306. The number of hydrogen-bond donors (Lipinski definition) is 5. The molecule has 28 atom stereocenters. The minimum atomic E-state index is -1.78. The molecule has 6 aliphatic heterocycles. The van der Waals surface area contributed by atoms with E-state index in [4.69, 9.17) is 56.8 Å². The maximum Gasteiger partial charge on any atom is 0.509 e. The van der Waals surface area contributed by atoms with Crippen molar-refractivity contribution in [2.45, 2.75) is 282 Å². The van der Waals surface area contributed by atoms with Crippen molar-refractivity contribution in [1.29, 1.82) is 0 Å². The van der Waals surface area contributed by atoms with Gasteiger partial charge in [0.1, 0.15) is 30.0 Å². The van der Waals surface area contributed by atoms with E-state index in [2.05, 4.69) is 0 Å². The maximum atomic E-state index is 14.4. The second kappa shape index (κ2) is 38.2. The molecule has 6 aliphatic rings. The van der Waals surface area contributed by atoms with Crippen LogP contribution in [-0.4, -0.2) is 300 Å². The second-order valence-electron chi connectivity index (χ2n) is 33.1. The zero-order chi connectivity index (χ0) is 80.4. The van der Waals surface area contributed by atoms with Gasteiger partial charge in [0, 0.05) is 50.1 Å². The van der Waals surface area contributed by atoms with Gasteiger partial charge in [-0.3, -0.25) is 14.5 Å². The van der Waals surface area contributed by atoms with Crippen LogP contribution < -0.4 is 0 Å². The fourth-order valence-corrected chi connectivity index (χ4v) is 17.0. The highest BCUT2D eigenvalue weighted by molar-refractivity contribution is 5.90. The summed E-state index contributed by atoms with van der Waals surface area (Å²) in [4.78, 5) is 91.0. The highest BCUT2D eigenvalue weighted by atomic mass is 16.8. The van der Waals surface area contributed by atoms with Gasteiger partial charge < -0.3 is 102 Å². The minimum absolute atomic E-state index is 0.148. The lowest BCUT2D eigenvalue weighted by Gasteiger charge is -2.48. The molecule has 0 aliphatic carbocycles. The van der Waals surface area contributed by atoms with Gasteiger partial charge in [0.15, 0.2) is 36.5 Å². The van der Waals surface area contributed by atoms with E-state index >= 15 is 0 Å². The molecule has 5 N–H and O–H groups in total. The Morgan fingerprint density at radius 1 is 0.565 bits per heavy atom. The highest BCUT2D eigenvalue weighted by Gasteiger charge is 2.59. The van der Waals surface area contributed by atoms with Gasteiger partial charge >= 0.3 is 36.1 Å². The monoisotopic (exact) mass is 1530 g/mol. The van der Waals surface area contributed by atoms with Crippen LogP contribution in [0.4, 0.5) is 9.59 Å². The van der Waals surface area contributed by atoms with Crippen LogP contribution in [0.3, 0.4) is 0 Å². The van der Waals surface area contributed by atoms with E-state index in [-0.39, 0.29) is 80.9 Å². The van der Waals surface area contributed by atoms with E-state index in [1.807, 2.05) is 116 Å². The molecule has 0 unspecified atom stereocenters. The topological polar surface area (TPSA) is 331 Å². The Hall–Kier alpha value is -5.70. The number of amides is 1. The smallest absolute Gasteiger partial charge is 0.459 e. The van der Waals surface area contributed by atoms with Gasteiger partial charge in [-0.15, -0.1) is 0 Å². The standard InChI is InChI=1S/C43H67N3O13.C37H62N2O10/c1-12-32-43(8)36(58-41(50)59-43)29(6)45(11)24-25(2)23-42(7,51)35(27(4)33(28(5)37(47)54-32)56-40(49)46-18-20-52-21-19-46)57-39-34(31(44(9)10)22-26(3)53-39)55-38(48)30-16-14-13-15-17-30;1-12-28-37(8,45)31(41)25(6)39(11)20-21(2)19-36(7,44)32(23(4)29(40)24(5)33(42)47-28)49-35-30(27(38(9)10)18-22(3)46-35)48-34(43)26-16-14-13-15-17-26/h13-17,25-29,31-36,39,51H,12,18-24H2,1-11H3;13-17,21-25,27-32,35,40-41,44-45H,12,18-20H2,1-11H3/t25-,26-,27+,28-,29-,31+,32-,33+,34-,35-,36-,39+,42-,43-;21-,22-,23+,24-,25-,27+,28-,29+,30-,31-,32-,35+,36-,37-/m11/s1. The largest absolute Gasteiger partial charge is 0.509 e. The van der Waals surface area contributed by atoms with Crippen molar-refractivity contribution in [2.24, 2.45) is 35.5 Å². The van der Waals surface area contributed by atoms with Crippen LogP contribution in [0.25, 0.3) is 0 Å². The molecule has 612 valence electrons. The summed E-state index contributed by atoms with van der Waals surface area (Å²) in [6, 6.07) is 15.8. The second-order valence-corrected chi connectivity index (χ2v) is 33.1. The van der Waals surface area contributed by atoms with Gasteiger partial charge in [-0.05, 0) is 186 Å². The Bertz CT molecular complexity index is 3220. The first-order valence-electron chi connectivity index (χ1n) is 38.7. The summed E-state index contributed by atoms with van der Waals surface area (Å²) in [6.45, 7) is 30.2. The Morgan fingerprint density at radius 2 is 0.991 bits per heavy atom. The molecule has 28 heteroatoms. The van der Waals surface area contributed by atoms with Crippen LogP contribution in [0.2, 0.25) is 0 Å². The van der Waals surface area contributed by atoms with E-state index < -0.39 is 162 Å². The van der Waals surface area contributed by atoms with E-state index in [9.17, 15) is 54.3 Å². The molecular formula is C80H129N5O23. The van der Waals surface area contributed by atoms with Crippen molar-refractivity contribution in [3.63, 3.8) is 0 Å². The third-order valence-electron chi connectivity index (χ3n) is 23.3. The van der Waals surface area contributed by atoms with Crippen LogP contribution in [0, 0.1) is 35.5 Å². The molecule has 1 amide bonds. The number of carbonyl (C=O) groups is 6. The predicted octanol–water partition coefficient (Wildman–Crippen LogP) is 7.34. The molecule has 6 heterocycles. The van der Waals surface area contributed by atoms with E-state index in [0.29, 0.717) is 50.3 Å². The molecule has 8 rings (SSSR count). The lowest BCUT2D eigenvalue weighted by atomic mass is 9.77. The molecule has 6 saturated heterocycles. The van der Waals surface area contributed by atoms with E-state index in [1.54, 1.807) is 104 Å². The number of morpholine rings is 1. The van der Waals surface area contributed by atoms with Gasteiger partial charge in [0.25, 0.3) is 0 Å². The van der Waals surface area contributed by atoms with Gasteiger partial charge in [0.2, 0.25) is 0 Å². The first-order chi connectivity index (χ1) is 50.5. The molecule has 2 aromatic rings. The van der Waals surface area contributed by atoms with E-state index in [1.165, 1.54) is 18.7 Å². The molecule has 0 radical (unpaired) electrons. The number of benzene rings is 2. The van der Waals surface area contributed by atoms with Gasteiger partial charge in [0.05, 0.1) is 90.0 Å².